The average molecular weight is 289 g/mol. The number of fused-ring (bicyclic) bond motifs is 2. The topological polar surface area (TPSA) is 3.24 Å². The van der Waals surface area contributed by atoms with E-state index in [-0.39, 0.29) is 0 Å². The second-order valence-corrected chi connectivity index (χ2v) is 6.62. The van der Waals surface area contributed by atoms with E-state index in [2.05, 4.69) is 66.6 Å². The van der Waals surface area contributed by atoms with Gasteiger partial charge in [0.1, 0.15) is 0 Å². The van der Waals surface area contributed by atoms with Gasteiger partial charge in [0, 0.05) is 19.0 Å². The molecule has 0 radical (unpaired) electrons. The molecule has 1 aliphatic heterocycles. The first-order chi connectivity index (χ1) is 10.8. The Morgan fingerprint density at radius 1 is 0.818 bits per heavy atom. The van der Waals surface area contributed by atoms with Crippen molar-refractivity contribution < 1.29 is 0 Å². The van der Waals surface area contributed by atoms with Crippen LogP contribution in [0.25, 0.3) is 0 Å². The monoisotopic (exact) mass is 289 g/mol. The Bertz CT molecular complexity index is 666. The lowest BCUT2D eigenvalue weighted by Crippen LogP contribution is -2.26. The predicted molar refractivity (Wildman–Crippen MR) is 92.3 cm³/mol. The van der Waals surface area contributed by atoms with E-state index in [0.29, 0.717) is 5.92 Å². The maximum Gasteiger partial charge on any atom is 0.0305 e. The highest BCUT2D eigenvalue weighted by molar-refractivity contribution is 5.50. The number of nitrogens with zero attached hydrogens (tertiary/aromatic N) is 1. The van der Waals surface area contributed by atoms with Gasteiger partial charge in [0.25, 0.3) is 0 Å². The summed E-state index contributed by atoms with van der Waals surface area (Å²) >= 11 is 0. The third-order valence-corrected chi connectivity index (χ3v) is 5.21. The molecule has 0 aromatic heterocycles. The molecular formula is C21H23N. The fourth-order valence-corrected chi connectivity index (χ4v) is 3.97. The Balaban J connectivity index is 1.88. The fourth-order valence-electron chi connectivity index (χ4n) is 3.97. The molecule has 1 aliphatic carbocycles. The number of aryl methyl sites for hydroxylation is 2. The van der Waals surface area contributed by atoms with Crippen molar-refractivity contribution >= 4 is 0 Å². The number of hydrogen-bond donors (Lipinski definition) is 0. The van der Waals surface area contributed by atoms with Gasteiger partial charge in [-0.15, -0.1) is 0 Å². The van der Waals surface area contributed by atoms with Gasteiger partial charge in [-0.1, -0.05) is 60.2 Å². The van der Waals surface area contributed by atoms with Gasteiger partial charge < -0.3 is 4.90 Å². The SMILES string of the molecule is CN1CC=C(C2c3ccccc3CCc3ccccc32)CC1. The molecular weight excluding hydrogens is 266 g/mol. The molecule has 0 unspecified atom stereocenters. The zero-order valence-corrected chi connectivity index (χ0v) is 13.3. The maximum atomic E-state index is 2.47. The lowest BCUT2D eigenvalue weighted by atomic mass is 9.80. The van der Waals surface area contributed by atoms with E-state index in [4.69, 9.17) is 0 Å². The summed E-state index contributed by atoms with van der Waals surface area (Å²) in [4.78, 5) is 2.40. The van der Waals surface area contributed by atoms with E-state index in [0.717, 1.165) is 19.4 Å². The summed E-state index contributed by atoms with van der Waals surface area (Å²) in [6, 6.07) is 18.1. The van der Waals surface area contributed by atoms with E-state index < -0.39 is 0 Å². The van der Waals surface area contributed by atoms with Crippen LogP contribution in [0.5, 0.6) is 0 Å². The Morgan fingerprint density at radius 3 is 1.95 bits per heavy atom. The van der Waals surface area contributed by atoms with Crippen molar-refractivity contribution in [1.82, 2.24) is 4.90 Å². The molecule has 2 aromatic rings. The highest BCUT2D eigenvalue weighted by atomic mass is 15.1. The number of benzene rings is 2. The molecule has 2 aromatic carbocycles. The van der Waals surface area contributed by atoms with Crippen LogP contribution in [-0.2, 0) is 12.8 Å². The average Bonchev–Trinajstić information content (AvgIpc) is 2.73. The molecule has 1 nitrogen and oxygen atoms in total. The number of likely N-dealkylation sites (N-methyl/N-ethyl adjacent to an activating group) is 1. The van der Waals surface area contributed by atoms with E-state index >= 15 is 0 Å². The van der Waals surface area contributed by atoms with Crippen molar-refractivity contribution in [1.29, 1.82) is 0 Å². The van der Waals surface area contributed by atoms with Crippen LogP contribution < -0.4 is 0 Å². The van der Waals surface area contributed by atoms with Crippen LogP contribution in [0.2, 0.25) is 0 Å². The highest BCUT2D eigenvalue weighted by Gasteiger charge is 2.27. The molecule has 0 spiro atoms. The number of rotatable bonds is 1. The Morgan fingerprint density at radius 2 is 1.41 bits per heavy atom. The largest absolute Gasteiger partial charge is 0.302 e. The standard InChI is InChI=1S/C21H23N/c1-22-14-12-18(13-15-22)21-19-8-4-2-6-16(19)10-11-17-7-3-5-9-20(17)21/h2-9,12,21H,10-11,13-15H2,1H3. The van der Waals surface area contributed by atoms with Crippen LogP contribution >= 0.6 is 0 Å². The highest BCUT2D eigenvalue weighted by Crippen LogP contribution is 2.40. The Hall–Kier alpha value is -1.86. The van der Waals surface area contributed by atoms with E-state index in [1.807, 2.05) is 0 Å². The van der Waals surface area contributed by atoms with Crippen molar-refractivity contribution in [2.75, 3.05) is 20.1 Å². The molecule has 22 heavy (non-hydrogen) atoms. The first-order valence-corrected chi connectivity index (χ1v) is 8.36. The number of hydrogen-bond acceptors (Lipinski definition) is 1. The zero-order valence-electron chi connectivity index (χ0n) is 13.3. The van der Waals surface area contributed by atoms with Gasteiger partial charge in [0.05, 0.1) is 0 Å². The molecule has 112 valence electrons. The summed E-state index contributed by atoms with van der Waals surface area (Å²) in [5.74, 6) is 0.462. The molecule has 0 fully saturated rings. The molecule has 0 N–H and O–H groups in total. The van der Waals surface area contributed by atoms with Crippen LogP contribution in [0.1, 0.15) is 34.6 Å². The minimum atomic E-state index is 0.462. The van der Waals surface area contributed by atoms with Crippen LogP contribution in [0.15, 0.2) is 60.2 Å². The van der Waals surface area contributed by atoms with Crippen LogP contribution in [0, 0.1) is 0 Å². The van der Waals surface area contributed by atoms with Gasteiger partial charge in [-0.3, -0.25) is 0 Å². The molecule has 0 amide bonds. The second kappa shape index (κ2) is 5.73. The van der Waals surface area contributed by atoms with Gasteiger partial charge in [0.2, 0.25) is 0 Å². The molecule has 0 atom stereocenters. The third-order valence-electron chi connectivity index (χ3n) is 5.21. The molecule has 1 heterocycles. The van der Waals surface area contributed by atoms with E-state index in [9.17, 15) is 0 Å². The molecule has 0 saturated carbocycles. The summed E-state index contributed by atoms with van der Waals surface area (Å²) in [6.07, 6.45) is 5.98. The predicted octanol–water partition coefficient (Wildman–Crippen LogP) is 4.18. The quantitative estimate of drug-likeness (QED) is 0.712. The van der Waals surface area contributed by atoms with Crippen molar-refractivity contribution in [2.45, 2.75) is 25.2 Å². The van der Waals surface area contributed by atoms with Crippen molar-refractivity contribution in [3.8, 4) is 0 Å². The van der Waals surface area contributed by atoms with Crippen LogP contribution in [0.3, 0.4) is 0 Å². The second-order valence-electron chi connectivity index (χ2n) is 6.62. The molecule has 0 bridgehead atoms. The molecule has 1 heteroatoms. The maximum absolute atomic E-state index is 2.47. The molecule has 2 aliphatic rings. The van der Waals surface area contributed by atoms with Crippen molar-refractivity contribution in [3.05, 3.63) is 82.4 Å². The van der Waals surface area contributed by atoms with Gasteiger partial charge in [0.15, 0.2) is 0 Å². The minimum absolute atomic E-state index is 0.462. The van der Waals surface area contributed by atoms with Crippen LogP contribution in [-0.4, -0.2) is 25.0 Å². The van der Waals surface area contributed by atoms with E-state index in [1.54, 1.807) is 5.57 Å². The van der Waals surface area contributed by atoms with Gasteiger partial charge in [-0.05, 0) is 48.6 Å². The Labute approximate surface area is 133 Å². The van der Waals surface area contributed by atoms with E-state index in [1.165, 1.54) is 35.2 Å². The lowest BCUT2D eigenvalue weighted by molar-refractivity contribution is 0.355. The normalized spacial score (nSPS) is 19.0. The van der Waals surface area contributed by atoms with Gasteiger partial charge in [-0.25, -0.2) is 0 Å². The summed E-state index contributed by atoms with van der Waals surface area (Å²) in [6.45, 7) is 2.25. The Kier molecular flexibility index (Phi) is 3.59. The van der Waals surface area contributed by atoms with Crippen molar-refractivity contribution in [2.24, 2.45) is 0 Å². The van der Waals surface area contributed by atoms with Gasteiger partial charge >= 0.3 is 0 Å². The van der Waals surface area contributed by atoms with Gasteiger partial charge in [-0.2, -0.15) is 0 Å². The lowest BCUT2D eigenvalue weighted by Gasteiger charge is -2.29. The first-order valence-electron chi connectivity index (χ1n) is 8.36. The summed E-state index contributed by atoms with van der Waals surface area (Å²) in [7, 11) is 2.21. The summed E-state index contributed by atoms with van der Waals surface area (Å²) in [5, 5.41) is 0. The smallest absolute Gasteiger partial charge is 0.0305 e. The zero-order chi connectivity index (χ0) is 14.9. The minimum Gasteiger partial charge on any atom is -0.302 e. The fraction of sp³-hybridized carbons (Fsp3) is 0.333. The molecule has 4 rings (SSSR count). The van der Waals surface area contributed by atoms with Crippen molar-refractivity contribution in [3.63, 3.8) is 0 Å². The summed E-state index contributed by atoms with van der Waals surface area (Å²) < 4.78 is 0. The third kappa shape index (κ3) is 2.40. The first kappa shape index (κ1) is 13.8. The molecule has 0 saturated heterocycles. The summed E-state index contributed by atoms with van der Waals surface area (Å²) in [5.41, 5.74) is 7.73. The van der Waals surface area contributed by atoms with Crippen LogP contribution in [0.4, 0.5) is 0 Å².